The molecule has 0 atom stereocenters. The molecule has 2 heterocycles. The number of nitrogens with zero attached hydrogens (tertiary/aromatic N) is 2. The number of para-hydroxylation sites is 2. The molecule has 0 spiro atoms. The smallest absolute Gasteiger partial charge is 0.271 e. The largest absolute Gasteiger partial charge is 0.295 e. The van der Waals surface area contributed by atoms with Gasteiger partial charge in [0.25, 0.3) is 11.1 Å². The summed E-state index contributed by atoms with van der Waals surface area (Å²) < 4.78 is 3.05. The van der Waals surface area contributed by atoms with Crippen molar-refractivity contribution in [2.45, 2.75) is 13.8 Å². The number of hydrogen-bond acceptors (Lipinski definition) is 2. The Morgan fingerprint density at radius 1 is 0.630 bits per heavy atom. The van der Waals surface area contributed by atoms with E-state index in [0.29, 0.717) is 0 Å². The van der Waals surface area contributed by atoms with Crippen LogP contribution in [0.25, 0.3) is 11.4 Å². The van der Waals surface area contributed by atoms with Gasteiger partial charge in [0.2, 0.25) is 0 Å². The first-order chi connectivity index (χ1) is 12.5. The number of aromatic amines is 2. The van der Waals surface area contributed by atoms with Crippen LogP contribution < -0.4 is 11.1 Å². The fourth-order valence-corrected chi connectivity index (χ4v) is 2.56. The molecule has 0 aliphatic carbocycles. The van der Waals surface area contributed by atoms with Crippen molar-refractivity contribution in [1.82, 2.24) is 19.6 Å². The maximum Gasteiger partial charge on any atom is 0.271 e. The zero-order valence-electron chi connectivity index (χ0n) is 15.0. The third-order valence-corrected chi connectivity index (χ3v) is 3.73. The summed E-state index contributed by atoms with van der Waals surface area (Å²) in [5.74, 6) is 0. The minimum Gasteiger partial charge on any atom is -0.295 e. The molecule has 142 valence electrons. The summed E-state index contributed by atoms with van der Waals surface area (Å²) in [6.07, 6.45) is 0. The molecule has 2 N–H and O–H groups in total. The molecule has 0 radical (unpaired) electrons. The van der Waals surface area contributed by atoms with Crippen molar-refractivity contribution in [3.05, 3.63) is 105 Å². The molecule has 27 heavy (non-hydrogen) atoms. The van der Waals surface area contributed by atoms with E-state index in [1.165, 1.54) is 9.36 Å². The van der Waals surface area contributed by atoms with Crippen molar-refractivity contribution in [2.24, 2.45) is 0 Å². The average Bonchev–Trinajstić information content (AvgIpc) is 3.17. The van der Waals surface area contributed by atoms with Crippen molar-refractivity contribution < 1.29 is 20.4 Å². The number of nitrogens with one attached hydrogen (secondary N) is 2. The van der Waals surface area contributed by atoms with Gasteiger partial charge in [-0.25, -0.2) is 9.36 Å². The Morgan fingerprint density at radius 3 is 1.22 bits per heavy atom. The van der Waals surface area contributed by atoms with Gasteiger partial charge in [-0.15, -0.1) is 0 Å². The Morgan fingerprint density at radius 2 is 0.963 bits per heavy atom. The van der Waals surface area contributed by atoms with Gasteiger partial charge in [0.15, 0.2) is 0 Å². The average molecular weight is 455 g/mol. The van der Waals surface area contributed by atoms with E-state index in [-0.39, 0.29) is 31.5 Å². The summed E-state index contributed by atoms with van der Waals surface area (Å²) in [6.45, 7) is 3.72. The maximum absolute atomic E-state index is 11.4. The number of hydrogen-bond donors (Lipinski definition) is 2. The second kappa shape index (κ2) is 9.17. The molecule has 0 aliphatic rings. The van der Waals surface area contributed by atoms with Gasteiger partial charge in [-0.2, -0.15) is 0 Å². The Labute approximate surface area is 170 Å². The number of rotatable bonds is 2. The van der Waals surface area contributed by atoms with Crippen molar-refractivity contribution in [1.29, 1.82) is 0 Å². The molecule has 6 nitrogen and oxygen atoms in total. The van der Waals surface area contributed by atoms with Gasteiger partial charge < -0.3 is 0 Å². The second-order valence-electron chi connectivity index (χ2n) is 5.90. The fraction of sp³-hybridized carbons (Fsp3) is 0.100. The molecule has 4 rings (SSSR count). The predicted molar refractivity (Wildman–Crippen MR) is 102 cm³/mol. The standard InChI is InChI=1S/2C10H10N2O.Pd/c2*1-8-7-10(13)12(11-8)9-5-3-2-4-6-9;/h2*2-7,11H,1H3;. The van der Waals surface area contributed by atoms with Crippen molar-refractivity contribution >= 4 is 0 Å². The van der Waals surface area contributed by atoms with Crippen LogP contribution in [0.15, 0.2) is 82.4 Å². The summed E-state index contributed by atoms with van der Waals surface area (Å²) in [6, 6.07) is 22.1. The maximum atomic E-state index is 11.4. The van der Waals surface area contributed by atoms with E-state index in [0.717, 1.165) is 22.8 Å². The van der Waals surface area contributed by atoms with Crippen LogP contribution in [0.2, 0.25) is 0 Å². The van der Waals surface area contributed by atoms with Gasteiger partial charge in [-0.05, 0) is 38.1 Å². The second-order valence-corrected chi connectivity index (χ2v) is 5.90. The van der Waals surface area contributed by atoms with Gasteiger partial charge in [-0.3, -0.25) is 19.8 Å². The first-order valence-electron chi connectivity index (χ1n) is 8.23. The zero-order valence-corrected chi connectivity index (χ0v) is 16.5. The molecule has 0 bridgehead atoms. The topological polar surface area (TPSA) is 75.6 Å². The third kappa shape index (κ3) is 5.07. The molecular weight excluding hydrogens is 435 g/mol. The number of aryl methyl sites for hydroxylation is 2. The zero-order chi connectivity index (χ0) is 18.5. The van der Waals surface area contributed by atoms with Gasteiger partial charge in [0.05, 0.1) is 11.4 Å². The van der Waals surface area contributed by atoms with Crippen LogP contribution in [0.5, 0.6) is 0 Å². The molecule has 2 aromatic carbocycles. The van der Waals surface area contributed by atoms with Crippen LogP contribution in [-0.4, -0.2) is 19.6 Å². The van der Waals surface area contributed by atoms with Gasteiger partial charge in [0, 0.05) is 43.9 Å². The van der Waals surface area contributed by atoms with Crippen molar-refractivity contribution in [3.8, 4) is 11.4 Å². The first kappa shape index (κ1) is 20.4. The minimum atomic E-state index is -0.0244. The summed E-state index contributed by atoms with van der Waals surface area (Å²) in [7, 11) is 0. The predicted octanol–water partition coefficient (Wildman–Crippen LogP) is 2.95. The van der Waals surface area contributed by atoms with Gasteiger partial charge >= 0.3 is 0 Å². The molecular formula is C20H20N4O2Pd. The normalized spacial score (nSPS) is 9.85. The van der Waals surface area contributed by atoms with Crippen LogP contribution in [0.1, 0.15) is 11.4 Å². The quantitative estimate of drug-likeness (QED) is 0.457. The number of benzene rings is 2. The van der Waals surface area contributed by atoms with E-state index >= 15 is 0 Å². The summed E-state index contributed by atoms with van der Waals surface area (Å²) in [4.78, 5) is 22.7. The van der Waals surface area contributed by atoms with Crippen LogP contribution in [-0.2, 0) is 20.4 Å². The Kier molecular flexibility index (Phi) is 6.94. The number of aromatic nitrogens is 4. The van der Waals surface area contributed by atoms with Crippen LogP contribution in [0.3, 0.4) is 0 Å². The van der Waals surface area contributed by atoms with Crippen LogP contribution in [0, 0.1) is 13.8 Å². The molecule has 2 aromatic heterocycles. The van der Waals surface area contributed by atoms with E-state index in [1.807, 2.05) is 74.5 Å². The van der Waals surface area contributed by atoms with Gasteiger partial charge in [-0.1, -0.05) is 36.4 Å². The van der Waals surface area contributed by atoms with Crippen molar-refractivity contribution in [2.75, 3.05) is 0 Å². The molecule has 0 amide bonds. The Hall–Kier alpha value is -2.88. The molecule has 0 unspecified atom stereocenters. The SMILES string of the molecule is Cc1cc(=O)n(-c2ccccc2)[nH]1.Cc1cc(=O)n(-c2ccccc2)[nH]1.[Pd]. The van der Waals surface area contributed by atoms with Crippen molar-refractivity contribution in [3.63, 3.8) is 0 Å². The fourth-order valence-electron chi connectivity index (χ4n) is 2.56. The first-order valence-corrected chi connectivity index (χ1v) is 8.23. The molecule has 0 saturated carbocycles. The van der Waals surface area contributed by atoms with Crippen LogP contribution in [0.4, 0.5) is 0 Å². The molecule has 0 fully saturated rings. The Bertz CT molecular complexity index is 1000. The van der Waals surface area contributed by atoms with E-state index in [2.05, 4.69) is 10.2 Å². The summed E-state index contributed by atoms with van der Waals surface area (Å²) >= 11 is 0. The summed E-state index contributed by atoms with van der Waals surface area (Å²) in [5.41, 5.74) is 3.41. The van der Waals surface area contributed by atoms with Gasteiger partial charge in [0.1, 0.15) is 0 Å². The molecule has 0 saturated heterocycles. The minimum absolute atomic E-state index is 0. The molecule has 7 heteroatoms. The van der Waals surface area contributed by atoms with E-state index in [4.69, 9.17) is 0 Å². The van der Waals surface area contributed by atoms with Crippen LogP contribution >= 0.6 is 0 Å². The number of H-pyrrole nitrogens is 2. The third-order valence-electron chi connectivity index (χ3n) is 3.73. The van der Waals surface area contributed by atoms with E-state index in [9.17, 15) is 9.59 Å². The van der Waals surface area contributed by atoms with E-state index < -0.39 is 0 Å². The molecule has 0 aliphatic heterocycles. The monoisotopic (exact) mass is 454 g/mol. The molecule has 4 aromatic rings. The summed E-state index contributed by atoms with van der Waals surface area (Å²) in [5, 5.41) is 5.93. The Balaban J connectivity index is 0.000000187. The van der Waals surface area contributed by atoms with E-state index in [1.54, 1.807) is 12.1 Å².